The summed E-state index contributed by atoms with van der Waals surface area (Å²) in [6, 6.07) is 18.7. The minimum Gasteiger partial charge on any atom is -0.487 e. The van der Waals surface area contributed by atoms with E-state index < -0.39 is 0 Å². The lowest BCUT2D eigenvalue weighted by atomic mass is 10.0. The Morgan fingerprint density at radius 1 is 1.05 bits per heavy atom. The van der Waals surface area contributed by atoms with E-state index in [0.29, 0.717) is 28.7 Å². The topological polar surface area (TPSA) is 81.0 Å². The Labute approximate surface area is 243 Å². The lowest BCUT2D eigenvalue weighted by Crippen LogP contribution is -2.39. The van der Waals surface area contributed by atoms with Crippen LogP contribution in [0.4, 0.5) is 15.9 Å². The Balaban J connectivity index is 1.18. The fourth-order valence-corrected chi connectivity index (χ4v) is 5.43. The molecule has 210 valence electrons. The molecule has 10 heteroatoms. The monoisotopic (exact) mass is 571 g/mol. The van der Waals surface area contributed by atoms with Crippen molar-refractivity contribution in [2.24, 2.45) is 0 Å². The molecule has 0 radical (unpaired) electrons. The maximum Gasteiger partial charge on any atom is 0.141 e. The van der Waals surface area contributed by atoms with Gasteiger partial charge in [-0.15, -0.1) is 5.10 Å². The minimum absolute atomic E-state index is 0.214. The van der Waals surface area contributed by atoms with Crippen LogP contribution < -0.4 is 10.1 Å². The predicted molar refractivity (Wildman–Crippen MR) is 159 cm³/mol. The summed E-state index contributed by atoms with van der Waals surface area (Å²) in [5.74, 6) is 0.855. The fourth-order valence-electron chi connectivity index (χ4n) is 5.19. The number of ether oxygens (including phenoxy) is 1. The first-order chi connectivity index (χ1) is 19.9. The van der Waals surface area contributed by atoms with Crippen molar-refractivity contribution in [3.8, 4) is 17.0 Å². The Hall–Kier alpha value is -4.08. The van der Waals surface area contributed by atoms with E-state index in [2.05, 4.69) is 44.3 Å². The molecular weight excluding hydrogens is 541 g/mol. The molecule has 5 aromatic rings. The van der Waals surface area contributed by atoms with Gasteiger partial charge in [-0.2, -0.15) is 0 Å². The van der Waals surface area contributed by atoms with Gasteiger partial charge in [0, 0.05) is 35.8 Å². The molecule has 6 rings (SSSR count). The zero-order valence-corrected chi connectivity index (χ0v) is 23.7. The summed E-state index contributed by atoms with van der Waals surface area (Å²) in [6.45, 7) is 6.85. The zero-order valence-electron chi connectivity index (χ0n) is 23.0. The van der Waals surface area contributed by atoms with Crippen LogP contribution in [0, 0.1) is 5.82 Å². The smallest absolute Gasteiger partial charge is 0.141 e. The van der Waals surface area contributed by atoms with Gasteiger partial charge in [0.1, 0.15) is 36.0 Å². The summed E-state index contributed by atoms with van der Waals surface area (Å²) in [7, 11) is 0. The number of benzene rings is 3. The highest BCUT2D eigenvalue weighted by molar-refractivity contribution is 6.32. The van der Waals surface area contributed by atoms with Gasteiger partial charge in [0.25, 0.3) is 0 Å². The number of hydrogen-bond donors (Lipinski definition) is 1. The number of halogens is 2. The molecule has 1 aliphatic heterocycles. The second-order valence-corrected chi connectivity index (χ2v) is 11.0. The van der Waals surface area contributed by atoms with Crippen molar-refractivity contribution in [1.82, 2.24) is 29.9 Å². The lowest BCUT2D eigenvalue weighted by Gasteiger charge is -2.34. The molecule has 2 aromatic heterocycles. The van der Waals surface area contributed by atoms with E-state index in [1.165, 1.54) is 18.5 Å². The van der Waals surface area contributed by atoms with Gasteiger partial charge < -0.3 is 15.0 Å². The van der Waals surface area contributed by atoms with Gasteiger partial charge in [-0.05, 0) is 74.7 Å². The molecule has 0 unspecified atom stereocenters. The van der Waals surface area contributed by atoms with Gasteiger partial charge in [-0.3, -0.25) is 0 Å². The maximum atomic E-state index is 13.5. The standard InChI is InChI=1S/C31H31ClFN7O/c1-20(2)39-12-10-25(11-13-39)40-17-29(37-38-40)22-6-8-28-26(15-22)31(35-19-34-28)36-24-7-9-30(27(32)16-24)41-18-21-4-3-5-23(33)14-21/h3-9,14-17,19-20,25H,10-13,18H2,1-2H3,(H,34,35,36). The number of fused-ring (bicyclic) bond motifs is 1. The number of anilines is 2. The van der Waals surface area contributed by atoms with Crippen LogP contribution in [0.1, 0.15) is 38.3 Å². The molecular formula is C31H31ClFN7O. The molecule has 3 aromatic carbocycles. The third kappa shape index (κ3) is 6.16. The van der Waals surface area contributed by atoms with E-state index in [1.54, 1.807) is 24.3 Å². The number of piperidine rings is 1. The van der Waals surface area contributed by atoms with Crippen molar-refractivity contribution < 1.29 is 9.13 Å². The summed E-state index contributed by atoms with van der Waals surface area (Å²) >= 11 is 6.51. The van der Waals surface area contributed by atoms with Crippen LogP contribution in [0.3, 0.4) is 0 Å². The summed E-state index contributed by atoms with van der Waals surface area (Å²) in [4.78, 5) is 11.4. The highest BCUT2D eigenvalue weighted by atomic mass is 35.5. The van der Waals surface area contributed by atoms with Crippen LogP contribution in [0.2, 0.25) is 5.02 Å². The largest absolute Gasteiger partial charge is 0.487 e. The van der Waals surface area contributed by atoms with Gasteiger partial charge in [-0.25, -0.2) is 19.0 Å². The van der Waals surface area contributed by atoms with E-state index in [-0.39, 0.29) is 12.4 Å². The lowest BCUT2D eigenvalue weighted by molar-refractivity contribution is 0.146. The molecule has 0 spiro atoms. The number of aromatic nitrogens is 5. The second-order valence-electron chi connectivity index (χ2n) is 10.6. The fraction of sp³-hybridized carbons (Fsp3) is 0.290. The van der Waals surface area contributed by atoms with Crippen LogP contribution in [-0.4, -0.2) is 49.0 Å². The Kier molecular flexibility index (Phi) is 7.80. The highest BCUT2D eigenvalue weighted by Gasteiger charge is 2.23. The molecule has 0 amide bonds. The van der Waals surface area contributed by atoms with Crippen molar-refractivity contribution >= 4 is 34.0 Å². The minimum atomic E-state index is -0.302. The van der Waals surface area contributed by atoms with Crippen molar-refractivity contribution in [3.63, 3.8) is 0 Å². The van der Waals surface area contributed by atoms with Crippen LogP contribution in [0.15, 0.2) is 73.2 Å². The van der Waals surface area contributed by atoms with Crippen molar-refractivity contribution in [2.45, 2.75) is 45.4 Å². The van der Waals surface area contributed by atoms with E-state index in [9.17, 15) is 4.39 Å². The molecule has 0 aliphatic carbocycles. The van der Waals surface area contributed by atoms with Crippen LogP contribution in [0.5, 0.6) is 5.75 Å². The molecule has 0 saturated carbocycles. The Morgan fingerprint density at radius 2 is 1.90 bits per heavy atom. The highest BCUT2D eigenvalue weighted by Crippen LogP contribution is 2.32. The van der Waals surface area contributed by atoms with Gasteiger partial charge in [0.15, 0.2) is 0 Å². The third-order valence-electron chi connectivity index (χ3n) is 7.52. The first-order valence-electron chi connectivity index (χ1n) is 13.8. The first-order valence-corrected chi connectivity index (χ1v) is 14.2. The number of rotatable bonds is 8. The van der Waals surface area contributed by atoms with E-state index in [1.807, 2.05) is 35.1 Å². The maximum absolute atomic E-state index is 13.5. The predicted octanol–water partition coefficient (Wildman–Crippen LogP) is 7.05. The molecule has 41 heavy (non-hydrogen) atoms. The number of hydrogen-bond acceptors (Lipinski definition) is 7. The summed E-state index contributed by atoms with van der Waals surface area (Å²) in [6.07, 6.45) is 5.70. The SMILES string of the molecule is CC(C)N1CCC(n2cc(-c3ccc4ncnc(Nc5ccc(OCc6cccc(F)c6)c(Cl)c5)c4c3)nn2)CC1. The normalized spacial score (nSPS) is 14.6. The summed E-state index contributed by atoms with van der Waals surface area (Å²) < 4.78 is 21.3. The third-order valence-corrected chi connectivity index (χ3v) is 7.82. The average Bonchev–Trinajstić information content (AvgIpc) is 3.47. The summed E-state index contributed by atoms with van der Waals surface area (Å²) in [5, 5.41) is 13.6. The van der Waals surface area contributed by atoms with Gasteiger partial charge in [0.2, 0.25) is 0 Å². The molecule has 1 saturated heterocycles. The van der Waals surface area contributed by atoms with Gasteiger partial charge >= 0.3 is 0 Å². The van der Waals surface area contributed by atoms with Gasteiger partial charge in [0.05, 0.1) is 22.8 Å². The van der Waals surface area contributed by atoms with E-state index in [4.69, 9.17) is 16.3 Å². The molecule has 1 aliphatic rings. The van der Waals surface area contributed by atoms with Crippen LogP contribution in [0.25, 0.3) is 22.2 Å². The average molecular weight is 572 g/mol. The molecule has 1 fully saturated rings. The molecule has 3 heterocycles. The molecule has 1 N–H and O–H groups in total. The van der Waals surface area contributed by atoms with E-state index in [0.717, 1.165) is 59.3 Å². The Morgan fingerprint density at radius 3 is 2.68 bits per heavy atom. The van der Waals surface area contributed by atoms with Crippen molar-refractivity contribution in [3.05, 3.63) is 89.6 Å². The molecule has 8 nitrogen and oxygen atoms in total. The number of nitrogens with zero attached hydrogens (tertiary/aromatic N) is 6. The molecule has 0 atom stereocenters. The van der Waals surface area contributed by atoms with Crippen molar-refractivity contribution in [2.75, 3.05) is 18.4 Å². The van der Waals surface area contributed by atoms with Crippen LogP contribution in [-0.2, 0) is 6.61 Å². The summed E-state index contributed by atoms with van der Waals surface area (Å²) in [5.41, 5.74) is 4.04. The quantitative estimate of drug-likeness (QED) is 0.214. The van der Waals surface area contributed by atoms with Crippen LogP contribution >= 0.6 is 11.6 Å². The Bertz CT molecular complexity index is 1670. The van der Waals surface area contributed by atoms with E-state index >= 15 is 0 Å². The molecule has 0 bridgehead atoms. The zero-order chi connectivity index (χ0) is 28.3. The first kappa shape index (κ1) is 27.1. The van der Waals surface area contributed by atoms with Crippen molar-refractivity contribution in [1.29, 1.82) is 0 Å². The second kappa shape index (κ2) is 11.8. The van der Waals surface area contributed by atoms with Gasteiger partial charge in [-0.1, -0.05) is 35.0 Å². The number of nitrogens with one attached hydrogen (secondary N) is 1. The number of likely N-dealkylation sites (tertiary alicyclic amines) is 1.